The van der Waals surface area contributed by atoms with Crippen LogP contribution in [0.3, 0.4) is 0 Å². The molecule has 2 atom stereocenters. The minimum Gasteiger partial charge on any atom is -0.483 e. The van der Waals surface area contributed by atoms with Gasteiger partial charge in [0.1, 0.15) is 23.6 Å². The van der Waals surface area contributed by atoms with Gasteiger partial charge < -0.3 is 29.2 Å². The summed E-state index contributed by atoms with van der Waals surface area (Å²) in [4.78, 5) is 50.4. The van der Waals surface area contributed by atoms with Crippen molar-refractivity contribution in [3.8, 4) is 5.75 Å². The van der Waals surface area contributed by atoms with Crippen LogP contribution in [0.4, 0.5) is 8.78 Å². The van der Waals surface area contributed by atoms with Crippen molar-refractivity contribution in [2.45, 2.75) is 78.0 Å². The smallest absolute Gasteiger partial charge is 0.255 e. The predicted octanol–water partition coefficient (Wildman–Crippen LogP) is 3.74. The third kappa shape index (κ3) is 7.90. The maximum atomic E-state index is 14.3. The molecule has 2 aliphatic heterocycles. The lowest BCUT2D eigenvalue weighted by Gasteiger charge is -2.36. The number of nitrogens with one attached hydrogen (secondary N) is 1. The van der Waals surface area contributed by atoms with E-state index in [4.69, 9.17) is 9.15 Å². The van der Waals surface area contributed by atoms with Crippen LogP contribution in [0.25, 0.3) is 0 Å². The molecule has 0 bridgehead atoms. The van der Waals surface area contributed by atoms with Crippen LogP contribution in [-0.4, -0.2) is 89.3 Å². The highest BCUT2D eigenvalue weighted by molar-refractivity contribution is 6.00. The van der Waals surface area contributed by atoms with Crippen molar-refractivity contribution in [3.63, 3.8) is 0 Å². The number of amides is 3. The third-order valence-corrected chi connectivity index (χ3v) is 7.86. The average Bonchev–Trinajstić information content (AvgIpc) is 3.63. The number of likely N-dealkylation sites (tertiary alicyclic amines) is 1. The van der Waals surface area contributed by atoms with Gasteiger partial charge in [-0.15, -0.1) is 0 Å². The number of nitrogens with zero attached hydrogens (tertiary/aromatic N) is 4. The number of benzene rings is 1. The van der Waals surface area contributed by atoms with Gasteiger partial charge in [-0.3, -0.25) is 14.4 Å². The molecule has 3 amide bonds. The first-order valence-electron chi connectivity index (χ1n) is 14.9. The summed E-state index contributed by atoms with van der Waals surface area (Å²) >= 11 is 0. The summed E-state index contributed by atoms with van der Waals surface area (Å²) in [5.74, 6) is -3.03. The van der Waals surface area contributed by atoms with Crippen LogP contribution in [0, 0.1) is 17.6 Å². The lowest BCUT2D eigenvalue weighted by molar-refractivity contribution is -0.145. The van der Waals surface area contributed by atoms with Gasteiger partial charge in [0.15, 0.2) is 18.2 Å². The zero-order valence-electron chi connectivity index (χ0n) is 25.9. The Balaban J connectivity index is 1.51. The van der Waals surface area contributed by atoms with Crippen LogP contribution in [0.1, 0.15) is 75.9 Å². The molecule has 1 aromatic heterocycles. The molecule has 2 saturated heterocycles. The van der Waals surface area contributed by atoms with E-state index in [0.717, 1.165) is 25.2 Å². The van der Waals surface area contributed by atoms with E-state index >= 15 is 0 Å². The Morgan fingerprint density at radius 1 is 1.09 bits per heavy atom. The molecule has 0 radical (unpaired) electrons. The lowest BCUT2D eigenvalue weighted by Crippen LogP contribution is -2.56. The van der Waals surface area contributed by atoms with Crippen LogP contribution in [0.15, 0.2) is 22.7 Å². The SMILES string of the molecule is CC(C)C[C@@H](NC(=O)c1cc(F)c(F)cc1OCc1ncc(C(C)(C)C)o1)C(=O)N1CCC[C@@H]1C(=O)N1CCN(C)CC1. The average molecular weight is 604 g/mol. The fraction of sp³-hybridized carbons (Fsp3) is 0.613. The zero-order chi connectivity index (χ0) is 31.5. The van der Waals surface area contributed by atoms with Crippen molar-refractivity contribution >= 4 is 17.7 Å². The lowest BCUT2D eigenvalue weighted by atomic mass is 9.94. The number of carbonyl (C=O) groups excluding carboxylic acids is 3. The van der Waals surface area contributed by atoms with E-state index in [1.807, 2.05) is 41.7 Å². The second-order valence-corrected chi connectivity index (χ2v) is 12.9. The van der Waals surface area contributed by atoms with Gasteiger partial charge in [0, 0.05) is 44.2 Å². The summed E-state index contributed by atoms with van der Waals surface area (Å²) in [7, 11) is 2.01. The van der Waals surface area contributed by atoms with Crippen LogP contribution < -0.4 is 10.1 Å². The fourth-order valence-electron chi connectivity index (χ4n) is 5.34. The molecular weight excluding hydrogens is 560 g/mol. The van der Waals surface area contributed by atoms with Crippen LogP contribution in [0.5, 0.6) is 5.75 Å². The predicted molar refractivity (Wildman–Crippen MR) is 155 cm³/mol. The van der Waals surface area contributed by atoms with Crippen LogP contribution in [0.2, 0.25) is 0 Å². The molecular formula is C31H43F2N5O5. The molecule has 2 aromatic rings. The van der Waals surface area contributed by atoms with Gasteiger partial charge >= 0.3 is 0 Å². The highest BCUT2D eigenvalue weighted by atomic mass is 19.2. The Hall–Kier alpha value is -3.54. The molecule has 2 aliphatic rings. The number of rotatable bonds is 9. The van der Waals surface area contributed by atoms with Gasteiger partial charge in [0.25, 0.3) is 5.91 Å². The number of piperazine rings is 1. The van der Waals surface area contributed by atoms with E-state index in [-0.39, 0.29) is 47.0 Å². The Morgan fingerprint density at radius 3 is 2.40 bits per heavy atom. The van der Waals surface area contributed by atoms with Crippen molar-refractivity contribution in [3.05, 3.63) is 47.2 Å². The van der Waals surface area contributed by atoms with Gasteiger partial charge in [-0.1, -0.05) is 34.6 Å². The van der Waals surface area contributed by atoms with Crippen molar-refractivity contribution < 1.29 is 32.3 Å². The molecule has 1 aromatic carbocycles. The molecule has 0 saturated carbocycles. The summed E-state index contributed by atoms with van der Waals surface area (Å²) in [6.07, 6.45) is 3.09. The zero-order valence-corrected chi connectivity index (χ0v) is 25.9. The maximum absolute atomic E-state index is 14.3. The van der Waals surface area contributed by atoms with Gasteiger partial charge in [-0.05, 0) is 38.3 Å². The fourth-order valence-corrected chi connectivity index (χ4v) is 5.34. The number of carbonyl (C=O) groups is 3. The number of likely N-dealkylation sites (N-methyl/N-ethyl adjacent to an activating group) is 1. The van der Waals surface area contributed by atoms with Gasteiger partial charge in [-0.25, -0.2) is 13.8 Å². The second kappa shape index (κ2) is 13.4. The van der Waals surface area contributed by atoms with Crippen LogP contribution in [-0.2, 0) is 21.6 Å². The minimum atomic E-state index is -1.23. The van der Waals surface area contributed by atoms with Gasteiger partial charge in [-0.2, -0.15) is 0 Å². The highest BCUT2D eigenvalue weighted by Gasteiger charge is 2.40. The highest BCUT2D eigenvalue weighted by Crippen LogP contribution is 2.27. The topological polar surface area (TPSA) is 108 Å². The number of aromatic nitrogens is 1. The number of halogens is 2. The second-order valence-electron chi connectivity index (χ2n) is 12.9. The first-order chi connectivity index (χ1) is 20.2. The molecule has 3 heterocycles. The Bertz CT molecular complexity index is 1320. The number of hydrogen-bond donors (Lipinski definition) is 1. The largest absolute Gasteiger partial charge is 0.483 e. The van der Waals surface area contributed by atoms with E-state index in [1.165, 1.54) is 0 Å². The van der Waals surface area contributed by atoms with E-state index in [2.05, 4.69) is 15.2 Å². The Kier molecular flexibility index (Phi) is 10.1. The summed E-state index contributed by atoms with van der Waals surface area (Å²) in [5.41, 5.74) is -0.561. The first-order valence-corrected chi connectivity index (χ1v) is 14.9. The molecule has 4 rings (SSSR count). The standard InChI is InChI=1S/C31H43F2N5O5/c1-19(2)14-23(29(40)38-9-7-8-24(38)30(41)37-12-10-36(6)11-13-37)35-28(39)20-15-21(32)22(33)16-25(20)42-18-27-34-17-26(43-27)31(3,4)5/h15-17,19,23-24H,7-14,18H2,1-6H3,(H,35,39)/t23-,24-/m1/s1. The minimum absolute atomic E-state index is 0.0198. The molecule has 0 unspecified atom stereocenters. The first kappa shape index (κ1) is 32.4. The van der Waals surface area contributed by atoms with E-state index in [9.17, 15) is 23.2 Å². The van der Waals surface area contributed by atoms with Crippen molar-refractivity contribution in [1.29, 1.82) is 0 Å². The van der Waals surface area contributed by atoms with Crippen molar-refractivity contribution in [2.75, 3.05) is 39.8 Å². The Labute approximate surface area is 251 Å². The molecule has 43 heavy (non-hydrogen) atoms. The molecule has 1 N–H and O–H groups in total. The van der Waals surface area contributed by atoms with E-state index in [0.29, 0.717) is 44.7 Å². The quantitative estimate of drug-likeness (QED) is 0.465. The molecule has 0 aliphatic carbocycles. The Morgan fingerprint density at radius 2 is 1.77 bits per heavy atom. The summed E-state index contributed by atoms with van der Waals surface area (Å²) in [6, 6.07) is -0.0239. The van der Waals surface area contributed by atoms with Crippen LogP contribution >= 0.6 is 0 Å². The van der Waals surface area contributed by atoms with E-state index in [1.54, 1.807) is 16.0 Å². The normalized spacial score (nSPS) is 18.7. The summed E-state index contributed by atoms with van der Waals surface area (Å²) in [6.45, 7) is 12.6. The van der Waals surface area contributed by atoms with E-state index < -0.39 is 29.6 Å². The van der Waals surface area contributed by atoms with Crippen molar-refractivity contribution in [2.24, 2.45) is 5.92 Å². The molecule has 12 heteroatoms. The number of hydrogen-bond acceptors (Lipinski definition) is 7. The summed E-state index contributed by atoms with van der Waals surface area (Å²) in [5, 5.41) is 2.73. The molecule has 236 valence electrons. The number of oxazole rings is 1. The number of ether oxygens (including phenoxy) is 1. The van der Waals surface area contributed by atoms with Gasteiger partial charge in [0.2, 0.25) is 17.7 Å². The summed E-state index contributed by atoms with van der Waals surface area (Å²) < 4.78 is 40.0. The third-order valence-electron chi connectivity index (χ3n) is 7.86. The molecule has 10 nitrogen and oxygen atoms in total. The van der Waals surface area contributed by atoms with Crippen molar-refractivity contribution in [1.82, 2.24) is 25.0 Å². The maximum Gasteiger partial charge on any atom is 0.255 e. The van der Waals surface area contributed by atoms with Gasteiger partial charge in [0.05, 0.1) is 11.8 Å². The monoisotopic (exact) mass is 603 g/mol. The molecule has 2 fully saturated rings. The molecule has 0 spiro atoms.